The fourth-order valence-electron chi connectivity index (χ4n) is 4.36. The van der Waals surface area contributed by atoms with E-state index in [1.54, 1.807) is 29.3 Å². The molecule has 0 aliphatic carbocycles. The quantitative estimate of drug-likeness (QED) is 0.746. The zero-order valence-corrected chi connectivity index (χ0v) is 19.9. The largest absolute Gasteiger partial charge is 0.490 e. The highest BCUT2D eigenvalue weighted by atomic mass is 16.5. The number of ether oxygens (including phenoxy) is 2. The van der Waals surface area contributed by atoms with Crippen molar-refractivity contribution in [3.63, 3.8) is 0 Å². The minimum Gasteiger partial charge on any atom is -0.490 e. The molecule has 34 heavy (non-hydrogen) atoms. The van der Waals surface area contributed by atoms with Gasteiger partial charge in [0.2, 0.25) is 11.8 Å². The zero-order valence-electron chi connectivity index (χ0n) is 19.9. The Bertz CT molecular complexity index is 975. The number of para-hydroxylation sites is 2. The van der Waals surface area contributed by atoms with Gasteiger partial charge in [-0.25, -0.2) is 4.98 Å². The molecule has 0 bridgehead atoms. The standard InChI is InChI=1S/C26H34N4O4/c1-29-16-12-20(13-17-29)28-24(31)19-30-15-6-2-3-7-18-33-22-10-4-5-11-23(22)34-25-21(26(30)32)9-8-14-27-25/h4-5,8-11,14,20H,2-3,6-7,12-13,15-19H2,1H3,(H,28,31). The first-order valence-corrected chi connectivity index (χ1v) is 12.2. The lowest BCUT2D eigenvalue weighted by molar-refractivity contribution is -0.122. The van der Waals surface area contributed by atoms with Gasteiger partial charge in [-0.15, -0.1) is 0 Å². The van der Waals surface area contributed by atoms with Crippen molar-refractivity contribution in [3.05, 3.63) is 48.2 Å². The first-order chi connectivity index (χ1) is 16.6. The molecule has 2 aromatic rings. The van der Waals surface area contributed by atoms with Gasteiger partial charge in [0.25, 0.3) is 5.91 Å². The maximum absolute atomic E-state index is 13.6. The molecule has 8 nitrogen and oxygen atoms in total. The third-order valence-electron chi connectivity index (χ3n) is 6.34. The summed E-state index contributed by atoms with van der Waals surface area (Å²) in [4.78, 5) is 34.7. The van der Waals surface area contributed by atoms with Gasteiger partial charge in [0.15, 0.2) is 11.5 Å². The first-order valence-electron chi connectivity index (χ1n) is 12.2. The molecule has 1 saturated heterocycles. The number of carbonyl (C=O) groups is 2. The van der Waals surface area contributed by atoms with Crippen LogP contribution in [0.15, 0.2) is 42.6 Å². The van der Waals surface area contributed by atoms with Crippen molar-refractivity contribution in [1.82, 2.24) is 20.1 Å². The van der Waals surface area contributed by atoms with Gasteiger partial charge in [0.1, 0.15) is 5.56 Å². The molecule has 2 amide bonds. The summed E-state index contributed by atoms with van der Waals surface area (Å²) >= 11 is 0. The molecule has 4 rings (SSSR count). The number of pyridine rings is 1. The van der Waals surface area contributed by atoms with Crippen LogP contribution in [0.1, 0.15) is 48.9 Å². The Balaban J connectivity index is 1.53. The van der Waals surface area contributed by atoms with Crippen LogP contribution in [0.3, 0.4) is 0 Å². The van der Waals surface area contributed by atoms with E-state index in [1.165, 1.54) is 0 Å². The van der Waals surface area contributed by atoms with Crippen LogP contribution in [0, 0.1) is 0 Å². The summed E-state index contributed by atoms with van der Waals surface area (Å²) in [7, 11) is 2.09. The highest BCUT2D eigenvalue weighted by Crippen LogP contribution is 2.32. The number of nitrogens with one attached hydrogen (secondary N) is 1. The highest BCUT2D eigenvalue weighted by Gasteiger charge is 2.25. The van der Waals surface area contributed by atoms with Gasteiger partial charge in [-0.05, 0) is 70.1 Å². The molecule has 0 spiro atoms. The van der Waals surface area contributed by atoms with E-state index in [1.807, 2.05) is 18.2 Å². The van der Waals surface area contributed by atoms with E-state index in [-0.39, 0.29) is 30.3 Å². The van der Waals surface area contributed by atoms with E-state index in [0.717, 1.165) is 51.6 Å². The van der Waals surface area contributed by atoms with E-state index in [9.17, 15) is 9.59 Å². The number of rotatable bonds is 3. The molecule has 0 unspecified atom stereocenters. The molecular formula is C26H34N4O4. The number of hydrogen-bond acceptors (Lipinski definition) is 6. The molecule has 1 aromatic heterocycles. The number of nitrogens with zero attached hydrogens (tertiary/aromatic N) is 3. The highest BCUT2D eigenvalue weighted by molar-refractivity contribution is 5.98. The maximum atomic E-state index is 13.6. The minimum atomic E-state index is -0.253. The number of benzene rings is 1. The molecule has 2 aliphatic rings. The van der Waals surface area contributed by atoms with Crippen molar-refractivity contribution >= 4 is 11.8 Å². The summed E-state index contributed by atoms with van der Waals surface area (Å²) in [5, 5.41) is 3.13. The van der Waals surface area contributed by atoms with E-state index >= 15 is 0 Å². The van der Waals surface area contributed by atoms with Crippen LogP contribution >= 0.6 is 0 Å². The number of amides is 2. The molecule has 2 aliphatic heterocycles. The van der Waals surface area contributed by atoms with Gasteiger partial charge in [-0.3, -0.25) is 9.59 Å². The van der Waals surface area contributed by atoms with Gasteiger partial charge in [-0.1, -0.05) is 25.0 Å². The van der Waals surface area contributed by atoms with Gasteiger partial charge < -0.3 is 24.6 Å². The molecular weight excluding hydrogens is 432 g/mol. The summed E-state index contributed by atoms with van der Waals surface area (Å²) in [6, 6.07) is 11.0. The predicted molar refractivity (Wildman–Crippen MR) is 129 cm³/mol. The fraction of sp³-hybridized carbons (Fsp3) is 0.500. The molecule has 0 radical (unpaired) electrons. The van der Waals surface area contributed by atoms with Crippen molar-refractivity contribution in [1.29, 1.82) is 0 Å². The molecule has 3 heterocycles. The number of fused-ring (bicyclic) bond motifs is 2. The second-order valence-corrected chi connectivity index (χ2v) is 9.04. The van der Waals surface area contributed by atoms with Crippen LogP contribution in [0.25, 0.3) is 0 Å². The Labute approximate surface area is 201 Å². The summed E-state index contributed by atoms with van der Waals surface area (Å²) in [6.07, 6.45) is 7.13. The number of aromatic nitrogens is 1. The Morgan fingerprint density at radius 2 is 1.79 bits per heavy atom. The summed E-state index contributed by atoms with van der Waals surface area (Å²) in [5.41, 5.74) is 0.335. The first kappa shape index (κ1) is 24.0. The summed E-state index contributed by atoms with van der Waals surface area (Å²) in [6.45, 7) is 3.06. The minimum absolute atomic E-state index is 0.0270. The monoisotopic (exact) mass is 466 g/mol. The van der Waals surface area contributed by atoms with Crippen LogP contribution < -0.4 is 14.8 Å². The second-order valence-electron chi connectivity index (χ2n) is 9.04. The van der Waals surface area contributed by atoms with Crippen LogP contribution in [0.5, 0.6) is 17.4 Å². The maximum Gasteiger partial charge on any atom is 0.259 e. The molecule has 8 heteroatoms. The number of carbonyl (C=O) groups excluding carboxylic acids is 2. The summed E-state index contributed by atoms with van der Waals surface area (Å²) < 4.78 is 12.0. The smallest absolute Gasteiger partial charge is 0.259 e. The molecule has 182 valence electrons. The fourth-order valence-corrected chi connectivity index (χ4v) is 4.36. The topological polar surface area (TPSA) is 84.0 Å². The van der Waals surface area contributed by atoms with Gasteiger partial charge >= 0.3 is 0 Å². The Morgan fingerprint density at radius 3 is 2.62 bits per heavy atom. The van der Waals surface area contributed by atoms with E-state index in [2.05, 4.69) is 22.2 Å². The van der Waals surface area contributed by atoms with Gasteiger partial charge in [-0.2, -0.15) is 0 Å². The van der Waals surface area contributed by atoms with Crippen LogP contribution in [0.2, 0.25) is 0 Å². The van der Waals surface area contributed by atoms with Crippen molar-refractivity contribution in [2.24, 2.45) is 0 Å². The average Bonchev–Trinajstić information content (AvgIpc) is 2.84. The molecule has 0 atom stereocenters. The van der Waals surface area contributed by atoms with Crippen molar-refractivity contribution < 1.29 is 19.1 Å². The molecule has 0 saturated carbocycles. The Hall–Kier alpha value is -3.13. The lowest BCUT2D eigenvalue weighted by Gasteiger charge is -2.30. The zero-order chi connectivity index (χ0) is 23.8. The third kappa shape index (κ3) is 6.47. The van der Waals surface area contributed by atoms with Crippen LogP contribution in [-0.2, 0) is 4.79 Å². The van der Waals surface area contributed by atoms with Crippen LogP contribution in [0.4, 0.5) is 0 Å². The van der Waals surface area contributed by atoms with E-state index < -0.39 is 0 Å². The molecule has 1 fully saturated rings. The SMILES string of the molecule is CN1CCC(NC(=O)CN2CCCCCCOc3ccccc3Oc3ncccc3C2=O)CC1. The number of hydrogen-bond donors (Lipinski definition) is 1. The van der Waals surface area contributed by atoms with Crippen LogP contribution in [-0.4, -0.2) is 72.5 Å². The number of likely N-dealkylation sites (tertiary alicyclic amines) is 1. The van der Waals surface area contributed by atoms with Gasteiger partial charge in [0.05, 0.1) is 13.2 Å². The normalized spacial score (nSPS) is 18.6. The van der Waals surface area contributed by atoms with Crippen molar-refractivity contribution in [2.45, 2.75) is 44.6 Å². The summed E-state index contributed by atoms with van der Waals surface area (Å²) in [5.74, 6) is 0.976. The molecule has 1 N–H and O–H groups in total. The lowest BCUT2D eigenvalue weighted by Crippen LogP contribution is -2.48. The van der Waals surface area contributed by atoms with Crippen molar-refractivity contribution in [3.8, 4) is 17.4 Å². The third-order valence-corrected chi connectivity index (χ3v) is 6.34. The van der Waals surface area contributed by atoms with Crippen molar-refractivity contribution in [2.75, 3.05) is 39.8 Å². The lowest BCUT2D eigenvalue weighted by atomic mass is 10.1. The van der Waals surface area contributed by atoms with E-state index in [4.69, 9.17) is 9.47 Å². The predicted octanol–water partition coefficient (Wildman–Crippen LogP) is 3.48. The van der Waals surface area contributed by atoms with E-state index in [0.29, 0.717) is 30.2 Å². The second kappa shape index (κ2) is 11.8. The number of piperidine rings is 1. The Morgan fingerprint density at radius 1 is 1.03 bits per heavy atom. The molecule has 1 aromatic carbocycles. The Kier molecular flexibility index (Phi) is 8.36. The van der Waals surface area contributed by atoms with Gasteiger partial charge in [0, 0.05) is 18.8 Å². The average molecular weight is 467 g/mol.